The van der Waals surface area contributed by atoms with E-state index in [9.17, 15) is 15.0 Å². The first-order chi connectivity index (χ1) is 37.2. The first-order valence-corrected chi connectivity index (χ1v) is 31.9. The predicted molar refractivity (Wildman–Crippen MR) is 335 cm³/mol. The number of nitrogens with one attached hydrogen (secondary N) is 1. The number of carbonyl (C=O) groups is 1. The Balaban J connectivity index is 3.63. The normalized spacial score (nSPS) is 13.7. The summed E-state index contributed by atoms with van der Waals surface area (Å²) in [6, 6.07) is -0.648. The minimum absolute atomic E-state index is 0.0910. The first-order valence-electron chi connectivity index (χ1n) is 31.9. The maximum atomic E-state index is 12.5. The smallest absolute Gasteiger partial charge is 0.220 e. The van der Waals surface area contributed by atoms with Gasteiger partial charge in [-0.05, 0) is 96.3 Å². The molecule has 0 bridgehead atoms. The molecular weight excluding hydrogens is 915 g/mol. The first kappa shape index (κ1) is 71.5. The third-order valence-corrected chi connectivity index (χ3v) is 13.9. The molecule has 0 fully saturated rings. The van der Waals surface area contributed by atoms with Crippen LogP contribution in [0.4, 0.5) is 0 Å². The molecule has 428 valence electrons. The Kier molecular flexibility index (Phi) is 61.8. The molecule has 0 aliphatic carbocycles. The van der Waals surface area contributed by atoms with Crippen LogP contribution in [0.2, 0.25) is 0 Å². The lowest BCUT2D eigenvalue weighted by atomic mass is 10.0. The van der Waals surface area contributed by atoms with Crippen LogP contribution in [0.15, 0.2) is 134 Å². The van der Waals surface area contributed by atoms with Crippen molar-refractivity contribution >= 4 is 5.91 Å². The molecule has 4 heteroatoms. The number of hydrogen-bond donors (Lipinski definition) is 3. The van der Waals surface area contributed by atoms with Crippen molar-refractivity contribution in [2.75, 3.05) is 6.61 Å². The van der Waals surface area contributed by atoms with Crippen LogP contribution < -0.4 is 5.32 Å². The van der Waals surface area contributed by atoms with Gasteiger partial charge in [-0.2, -0.15) is 0 Å². The van der Waals surface area contributed by atoms with Crippen LogP contribution in [0.5, 0.6) is 0 Å². The van der Waals surface area contributed by atoms with E-state index in [0.29, 0.717) is 6.42 Å². The van der Waals surface area contributed by atoms with E-state index < -0.39 is 12.1 Å². The van der Waals surface area contributed by atoms with Gasteiger partial charge in [0.25, 0.3) is 0 Å². The van der Waals surface area contributed by atoms with Gasteiger partial charge in [-0.1, -0.05) is 321 Å². The number of amides is 1. The fraction of sp³-hybridized carbons (Fsp3) is 0.676. The van der Waals surface area contributed by atoms with E-state index in [2.05, 4.69) is 141 Å². The van der Waals surface area contributed by atoms with Gasteiger partial charge in [0, 0.05) is 6.42 Å². The summed E-state index contributed by atoms with van der Waals surface area (Å²) in [5.41, 5.74) is 0. The molecule has 0 aromatic heterocycles. The highest BCUT2D eigenvalue weighted by Gasteiger charge is 2.18. The van der Waals surface area contributed by atoms with Gasteiger partial charge < -0.3 is 15.5 Å². The average Bonchev–Trinajstić information content (AvgIpc) is 3.41. The van der Waals surface area contributed by atoms with Crippen LogP contribution in [0.25, 0.3) is 0 Å². The van der Waals surface area contributed by atoms with E-state index in [1.165, 1.54) is 161 Å². The standard InChI is InChI=1S/C71H121NO3/c1-3-5-7-9-11-13-15-17-19-21-23-25-27-29-31-33-34-35-36-37-38-39-41-43-45-47-49-51-53-55-57-59-61-63-65-67-71(75)72-69(68-73)70(74)66-64-62-60-58-56-54-52-50-48-46-44-42-40-32-30-28-26-24-22-20-18-16-14-12-10-8-6-4-2/h5,7,11,13,17,19,23,25,29,31,34-35,37-38,41,43,47,49,53,55,64,66,69-70,73-74H,3-4,6,8-10,12,14-16,18,20-22,24,26-28,30,32-33,36,39-40,42,44-46,48,50-52,54,56-63,65,67-68H2,1-2H3,(H,72,75)/b7-5-,13-11-,19-17-,25-23-,31-29-,35-34-,38-37-,43-41-,49-47-,55-53-,66-64+. The molecule has 0 aliphatic heterocycles. The van der Waals surface area contributed by atoms with Gasteiger partial charge in [0.2, 0.25) is 5.91 Å². The Morgan fingerprint density at radius 3 is 0.880 bits per heavy atom. The van der Waals surface area contributed by atoms with Crippen molar-refractivity contribution in [1.82, 2.24) is 5.32 Å². The van der Waals surface area contributed by atoms with Crippen LogP contribution in [-0.2, 0) is 4.79 Å². The van der Waals surface area contributed by atoms with Crippen molar-refractivity contribution in [1.29, 1.82) is 0 Å². The number of unbranched alkanes of at least 4 members (excludes halogenated alkanes) is 30. The monoisotopic (exact) mass is 1040 g/mol. The predicted octanol–water partition coefficient (Wildman–Crippen LogP) is 21.8. The van der Waals surface area contributed by atoms with Gasteiger partial charge in [-0.15, -0.1) is 0 Å². The summed E-state index contributed by atoms with van der Waals surface area (Å²) in [7, 11) is 0. The summed E-state index contributed by atoms with van der Waals surface area (Å²) >= 11 is 0. The molecule has 75 heavy (non-hydrogen) atoms. The van der Waals surface area contributed by atoms with Crippen molar-refractivity contribution in [3.8, 4) is 0 Å². The number of aliphatic hydroxyl groups is 2. The van der Waals surface area contributed by atoms with Crippen molar-refractivity contribution in [3.05, 3.63) is 134 Å². The molecule has 0 heterocycles. The highest BCUT2D eigenvalue weighted by molar-refractivity contribution is 5.76. The van der Waals surface area contributed by atoms with Crippen molar-refractivity contribution in [2.45, 2.75) is 302 Å². The van der Waals surface area contributed by atoms with E-state index in [1.54, 1.807) is 6.08 Å². The van der Waals surface area contributed by atoms with Crippen molar-refractivity contribution < 1.29 is 15.0 Å². The summed E-state index contributed by atoms with van der Waals surface area (Å²) in [4.78, 5) is 12.5. The van der Waals surface area contributed by atoms with Crippen LogP contribution in [0.1, 0.15) is 290 Å². The molecule has 0 aliphatic rings. The van der Waals surface area contributed by atoms with E-state index in [-0.39, 0.29) is 12.5 Å². The second-order valence-corrected chi connectivity index (χ2v) is 21.1. The van der Waals surface area contributed by atoms with Crippen molar-refractivity contribution in [3.63, 3.8) is 0 Å². The molecule has 4 nitrogen and oxygen atoms in total. The molecule has 0 aromatic rings. The summed E-state index contributed by atoms with van der Waals surface area (Å²) in [5, 5.41) is 23.2. The molecule has 0 radical (unpaired) electrons. The minimum Gasteiger partial charge on any atom is -0.394 e. The van der Waals surface area contributed by atoms with E-state index >= 15 is 0 Å². The number of carbonyl (C=O) groups excluding carboxylic acids is 1. The Morgan fingerprint density at radius 2 is 0.587 bits per heavy atom. The molecule has 0 saturated carbocycles. The fourth-order valence-corrected chi connectivity index (χ4v) is 9.09. The number of allylic oxidation sites excluding steroid dienone is 21. The summed E-state index contributed by atoms with van der Waals surface area (Å²) in [5.74, 6) is -0.0910. The van der Waals surface area contributed by atoms with Gasteiger partial charge in [0.1, 0.15) is 0 Å². The lowest BCUT2D eigenvalue weighted by molar-refractivity contribution is -0.123. The van der Waals surface area contributed by atoms with Gasteiger partial charge in [0.05, 0.1) is 18.8 Å². The van der Waals surface area contributed by atoms with Gasteiger partial charge in [-0.3, -0.25) is 4.79 Å². The van der Waals surface area contributed by atoms with Crippen LogP contribution in [-0.4, -0.2) is 34.9 Å². The molecule has 0 rings (SSSR count). The molecule has 1 amide bonds. The van der Waals surface area contributed by atoms with E-state index in [4.69, 9.17) is 0 Å². The Hall–Kier alpha value is -3.47. The number of hydrogen-bond acceptors (Lipinski definition) is 3. The molecule has 3 N–H and O–H groups in total. The largest absolute Gasteiger partial charge is 0.394 e. The lowest BCUT2D eigenvalue weighted by Gasteiger charge is -2.20. The summed E-state index contributed by atoms with van der Waals surface area (Å²) in [6.45, 7) is 4.20. The van der Waals surface area contributed by atoms with Crippen molar-refractivity contribution in [2.24, 2.45) is 0 Å². The molecule has 0 saturated heterocycles. The zero-order valence-electron chi connectivity index (χ0n) is 49.3. The quantitative estimate of drug-likeness (QED) is 0.0420. The number of aliphatic hydroxyl groups excluding tert-OH is 2. The molecule has 2 unspecified atom stereocenters. The SMILES string of the molecule is CC/C=C\C/C=C\C/C=C\C/C=C\C/C=C\C/C=C\C/C=C\C/C=C\C/C=C\C/C=C\CCCCCCC(=O)NC(CO)C(O)/C=C/CCCCCCCCCCCCCCCCCCCCCCCCCCCC. The van der Waals surface area contributed by atoms with Crippen LogP contribution >= 0.6 is 0 Å². The Bertz CT molecular complexity index is 1500. The maximum absolute atomic E-state index is 12.5. The third kappa shape index (κ3) is 61.3. The van der Waals surface area contributed by atoms with E-state index in [1.807, 2.05) is 6.08 Å². The zero-order chi connectivity index (χ0) is 54.1. The molecule has 2 atom stereocenters. The van der Waals surface area contributed by atoms with Gasteiger partial charge in [0.15, 0.2) is 0 Å². The highest BCUT2D eigenvalue weighted by Crippen LogP contribution is 2.17. The molecule has 0 aromatic carbocycles. The summed E-state index contributed by atoms with van der Waals surface area (Å²) < 4.78 is 0. The van der Waals surface area contributed by atoms with Crippen LogP contribution in [0, 0.1) is 0 Å². The second kappa shape index (κ2) is 64.8. The Morgan fingerprint density at radius 1 is 0.333 bits per heavy atom. The zero-order valence-corrected chi connectivity index (χ0v) is 49.3. The van der Waals surface area contributed by atoms with Gasteiger partial charge in [-0.25, -0.2) is 0 Å². The lowest BCUT2D eigenvalue weighted by Crippen LogP contribution is -2.45. The maximum Gasteiger partial charge on any atom is 0.220 e. The fourth-order valence-electron chi connectivity index (χ4n) is 9.09. The third-order valence-electron chi connectivity index (χ3n) is 13.9. The minimum atomic E-state index is -0.862. The Labute approximate surface area is 466 Å². The average molecular weight is 1040 g/mol. The second-order valence-electron chi connectivity index (χ2n) is 21.1. The topological polar surface area (TPSA) is 69.6 Å². The molecule has 0 spiro atoms. The van der Waals surface area contributed by atoms with Gasteiger partial charge >= 0.3 is 0 Å². The number of rotatable bonds is 57. The molecular formula is C71H121NO3. The van der Waals surface area contributed by atoms with E-state index in [0.717, 1.165) is 109 Å². The van der Waals surface area contributed by atoms with Crippen LogP contribution in [0.3, 0.4) is 0 Å². The summed E-state index contributed by atoms with van der Waals surface area (Å²) in [6.07, 6.45) is 101. The highest BCUT2D eigenvalue weighted by atomic mass is 16.3.